The second kappa shape index (κ2) is 10.1. The van der Waals surface area contributed by atoms with Crippen LogP contribution in [-0.2, 0) is 0 Å². The van der Waals surface area contributed by atoms with Crippen LogP contribution in [0.5, 0.6) is 0 Å². The molecule has 0 saturated carbocycles. The summed E-state index contributed by atoms with van der Waals surface area (Å²) < 4.78 is 2.02. The van der Waals surface area contributed by atoms with E-state index >= 15 is 0 Å². The van der Waals surface area contributed by atoms with Gasteiger partial charge >= 0.3 is 0 Å². The van der Waals surface area contributed by atoms with Crippen LogP contribution in [-0.4, -0.2) is 6.61 Å². The molecule has 0 aliphatic rings. The summed E-state index contributed by atoms with van der Waals surface area (Å²) >= 11 is 0. The van der Waals surface area contributed by atoms with Crippen molar-refractivity contribution in [3.05, 3.63) is 78.5 Å². The Labute approximate surface area is 169 Å². The fourth-order valence-electron chi connectivity index (χ4n) is 3.58. The third kappa shape index (κ3) is 5.01. The zero-order valence-electron chi connectivity index (χ0n) is 17.4. The van der Waals surface area contributed by atoms with Crippen LogP contribution in [0.1, 0.15) is 45.2 Å². The number of unbranched alkanes of at least 4 members (excludes halogenated alkanes) is 1. The van der Waals surface area contributed by atoms with E-state index in [-0.39, 0.29) is 0 Å². The van der Waals surface area contributed by atoms with E-state index in [4.69, 9.17) is 4.84 Å². The third-order valence-corrected chi connectivity index (χ3v) is 5.36. The molecule has 0 N–H and O–H groups in total. The lowest BCUT2D eigenvalue weighted by molar-refractivity contribution is -0.887. The number of pyridine rings is 1. The molecule has 0 amide bonds. The number of nitrogens with zero attached hydrogens (tertiary/aromatic N) is 1. The fourth-order valence-corrected chi connectivity index (χ4v) is 3.58. The highest BCUT2D eigenvalue weighted by Gasteiger charge is 2.22. The lowest BCUT2D eigenvalue weighted by atomic mass is 10.0. The molecule has 1 atom stereocenters. The van der Waals surface area contributed by atoms with E-state index in [0.29, 0.717) is 5.92 Å². The molecule has 1 unspecified atom stereocenters. The Morgan fingerprint density at radius 2 is 1.46 bits per heavy atom. The number of aryl methyl sites for hydroxylation is 1. The monoisotopic (exact) mass is 374 g/mol. The van der Waals surface area contributed by atoms with Crippen LogP contribution >= 0.6 is 0 Å². The summed E-state index contributed by atoms with van der Waals surface area (Å²) in [4.78, 5) is 6.38. The van der Waals surface area contributed by atoms with Gasteiger partial charge in [0.2, 0.25) is 5.69 Å². The van der Waals surface area contributed by atoms with Crippen molar-refractivity contribution in [2.24, 2.45) is 5.92 Å². The van der Waals surface area contributed by atoms with E-state index in [2.05, 4.69) is 93.6 Å². The van der Waals surface area contributed by atoms with Crippen LogP contribution in [0.2, 0.25) is 0 Å². The zero-order valence-corrected chi connectivity index (χ0v) is 17.4. The number of hydrogen-bond acceptors (Lipinski definition) is 1. The molecule has 1 heterocycles. The number of aromatic nitrogens is 1. The van der Waals surface area contributed by atoms with Crippen LogP contribution in [0.25, 0.3) is 22.4 Å². The number of hydrogen-bond donors (Lipinski definition) is 0. The molecule has 2 nitrogen and oxygen atoms in total. The van der Waals surface area contributed by atoms with E-state index in [1.165, 1.54) is 36.0 Å². The molecular weight excluding hydrogens is 342 g/mol. The van der Waals surface area contributed by atoms with Crippen LogP contribution in [0.3, 0.4) is 0 Å². The lowest BCUT2D eigenvalue weighted by Gasteiger charge is -2.14. The van der Waals surface area contributed by atoms with Gasteiger partial charge in [0.15, 0.2) is 6.61 Å². The summed E-state index contributed by atoms with van der Waals surface area (Å²) in [5.41, 5.74) is 5.83. The second-order valence-corrected chi connectivity index (χ2v) is 7.51. The average Bonchev–Trinajstić information content (AvgIpc) is 2.75. The second-order valence-electron chi connectivity index (χ2n) is 7.51. The van der Waals surface area contributed by atoms with Gasteiger partial charge < -0.3 is 0 Å². The molecule has 3 rings (SSSR count). The van der Waals surface area contributed by atoms with Gasteiger partial charge in [-0.15, -0.1) is 0 Å². The van der Waals surface area contributed by atoms with E-state index < -0.39 is 0 Å². The molecule has 0 aliphatic carbocycles. The Kier molecular flexibility index (Phi) is 7.25. The van der Waals surface area contributed by atoms with Gasteiger partial charge in [-0.3, -0.25) is 4.84 Å². The van der Waals surface area contributed by atoms with Crippen LogP contribution in [0, 0.1) is 12.8 Å². The highest BCUT2D eigenvalue weighted by molar-refractivity contribution is 5.69. The van der Waals surface area contributed by atoms with Gasteiger partial charge in [-0.25, -0.2) is 0 Å². The SMILES string of the molecule is CCCCC(CC)CO[n+]1c(C)cc(-c2ccccc2)cc1-c1ccccc1. The Hall–Kier alpha value is -2.61. The topological polar surface area (TPSA) is 13.1 Å². The molecule has 0 saturated heterocycles. The highest BCUT2D eigenvalue weighted by Crippen LogP contribution is 2.25. The van der Waals surface area contributed by atoms with Gasteiger partial charge in [0.25, 0.3) is 5.69 Å². The maximum atomic E-state index is 6.38. The summed E-state index contributed by atoms with van der Waals surface area (Å²) in [5, 5.41) is 0. The van der Waals surface area contributed by atoms with Crippen molar-refractivity contribution in [3.63, 3.8) is 0 Å². The van der Waals surface area contributed by atoms with Gasteiger partial charge in [0, 0.05) is 23.8 Å². The van der Waals surface area contributed by atoms with Crippen LogP contribution in [0.4, 0.5) is 0 Å². The van der Waals surface area contributed by atoms with Gasteiger partial charge in [-0.1, -0.05) is 75.2 Å². The van der Waals surface area contributed by atoms with Crippen molar-refractivity contribution in [1.29, 1.82) is 0 Å². The van der Waals surface area contributed by atoms with E-state index in [1.54, 1.807) is 0 Å². The Morgan fingerprint density at radius 1 is 0.821 bits per heavy atom. The van der Waals surface area contributed by atoms with Gasteiger partial charge in [0.1, 0.15) is 0 Å². The minimum Gasteiger partial charge on any atom is -0.270 e. The van der Waals surface area contributed by atoms with E-state index in [1.807, 2.05) is 4.73 Å². The van der Waals surface area contributed by atoms with Gasteiger partial charge in [-0.05, 0) is 42.0 Å². The van der Waals surface area contributed by atoms with Crippen molar-refractivity contribution >= 4 is 0 Å². The average molecular weight is 375 g/mol. The molecule has 1 aromatic heterocycles. The van der Waals surface area contributed by atoms with Crippen LogP contribution in [0.15, 0.2) is 72.8 Å². The Bertz CT molecular complexity index is 858. The first kappa shape index (κ1) is 20.1. The minimum atomic E-state index is 0.601. The normalized spacial score (nSPS) is 12.0. The molecule has 0 spiro atoms. The first-order chi connectivity index (χ1) is 13.7. The lowest BCUT2D eigenvalue weighted by Crippen LogP contribution is -2.49. The summed E-state index contributed by atoms with van der Waals surface area (Å²) in [6, 6.07) is 25.5. The van der Waals surface area contributed by atoms with Crippen molar-refractivity contribution in [2.75, 3.05) is 6.61 Å². The maximum Gasteiger partial charge on any atom is 0.265 e. The van der Waals surface area contributed by atoms with Crippen LogP contribution < -0.4 is 9.57 Å². The molecule has 0 aliphatic heterocycles. The fraction of sp³-hybridized carbons (Fsp3) is 0.346. The van der Waals surface area contributed by atoms with Gasteiger partial charge in [0.05, 0.1) is 5.56 Å². The molecule has 0 bridgehead atoms. The first-order valence-corrected chi connectivity index (χ1v) is 10.5. The minimum absolute atomic E-state index is 0.601. The molecule has 2 aromatic carbocycles. The third-order valence-electron chi connectivity index (χ3n) is 5.36. The molecule has 2 heteroatoms. The number of rotatable bonds is 9. The van der Waals surface area contributed by atoms with Crippen molar-refractivity contribution in [3.8, 4) is 22.4 Å². The zero-order chi connectivity index (χ0) is 19.8. The standard InChI is InChI=1S/C26H32NO/c1-4-6-13-22(5-2)20-28-27-21(3)18-25(23-14-9-7-10-15-23)19-26(27)24-16-11-8-12-17-24/h7-12,14-19,22H,4-6,13,20H2,1-3H3/q+1. The predicted molar refractivity (Wildman–Crippen MR) is 117 cm³/mol. The summed E-state index contributed by atoms with van der Waals surface area (Å²) in [7, 11) is 0. The summed E-state index contributed by atoms with van der Waals surface area (Å²) in [6.45, 7) is 7.40. The summed E-state index contributed by atoms with van der Waals surface area (Å²) in [5.74, 6) is 0.601. The quantitative estimate of drug-likeness (QED) is 0.403. The molecule has 0 fully saturated rings. The Morgan fingerprint density at radius 3 is 2.07 bits per heavy atom. The number of benzene rings is 2. The Balaban J connectivity index is 1.96. The van der Waals surface area contributed by atoms with Crippen molar-refractivity contribution in [1.82, 2.24) is 0 Å². The molecule has 146 valence electrons. The van der Waals surface area contributed by atoms with E-state index in [9.17, 15) is 0 Å². The molecule has 28 heavy (non-hydrogen) atoms. The molecule has 0 radical (unpaired) electrons. The maximum absolute atomic E-state index is 6.38. The largest absolute Gasteiger partial charge is 0.270 e. The first-order valence-electron chi connectivity index (χ1n) is 10.5. The summed E-state index contributed by atoms with van der Waals surface area (Å²) in [6.07, 6.45) is 4.89. The van der Waals surface area contributed by atoms with E-state index in [0.717, 1.165) is 24.4 Å². The predicted octanol–water partition coefficient (Wildman–Crippen LogP) is 6.26. The smallest absolute Gasteiger partial charge is 0.265 e. The van der Waals surface area contributed by atoms with Crippen molar-refractivity contribution in [2.45, 2.75) is 46.5 Å². The molecule has 3 aromatic rings. The molecular formula is C26H32NO+. The highest BCUT2D eigenvalue weighted by atomic mass is 16.7. The van der Waals surface area contributed by atoms with Crippen molar-refractivity contribution < 1.29 is 9.57 Å². The van der Waals surface area contributed by atoms with Gasteiger partial charge in [-0.2, -0.15) is 0 Å².